The zero-order valence-electron chi connectivity index (χ0n) is 16.6. The first-order chi connectivity index (χ1) is 14.5. The Hall–Kier alpha value is -3.23. The van der Waals surface area contributed by atoms with Gasteiger partial charge in [-0.15, -0.1) is 0 Å². The maximum absolute atomic E-state index is 12.6. The van der Waals surface area contributed by atoms with E-state index in [1.165, 1.54) is 6.08 Å². The van der Waals surface area contributed by atoms with Crippen LogP contribution < -0.4 is 15.4 Å². The van der Waals surface area contributed by atoms with Gasteiger partial charge in [-0.1, -0.05) is 18.2 Å². The Morgan fingerprint density at radius 3 is 2.57 bits per heavy atom. The zero-order valence-corrected chi connectivity index (χ0v) is 17.4. The third-order valence-corrected chi connectivity index (χ3v) is 4.65. The predicted octanol–water partition coefficient (Wildman–Crippen LogP) is 2.69. The molecule has 0 aliphatic carbocycles. The smallest absolute Gasteiger partial charge is 0.254 e. The molecule has 0 bridgehead atoms. The number of nitrogens with one attached hydrogen (secondary N) is 2. The molecular formula is C22H23N3O4S. The van der Waals surface area contributed by atoms with E-state index < -0.39 is 0 Å². The summed E-state index contributed by atoms with van der Waals surface area (Å²) >= 11 is 5.20. The normalized spacial score (nSPS) is 13.7. The van der Waals surface area contributed by atoms with Crippen molar-refractivity contribution in [2.24, 2.45) is 0 Å². The van der Waals surface area contributed by atoms with E-state index in [1.54, 1.807) is 42.4 Å². The molecule has 2 aromatic carbocycles. The Morgan fingerprint density at radius 1 is 1.13 bits per heavy atom. The van der Waals surface area contributed by atoms with Gasteiger partial charge >= 0.3 is 0 Å². The molecule has 7 nitrogen and oxygen atoms in total. The van der Waals surface area contributed by atoms with Crippen LogP contribution in [0.25, 0.3) is 6.08 Å². The highest BCUT2D eigenvalue weighted by molar-refractivity contribution is 7.80. The number of hydrogen-bond donors (Lipinski definition) is 2. The van der Waals surface area contributed by atoms with Gasteiger partial charge in [0.1, 0.15) is 5.75 Å². The molecule has 156 valence electrons. The van der Waals surface area contributed by atoms with Crippen molar-refractivity contribution in [3.05, 3.63) is 65.7 Å². The molecule has 1 aliphatic heterocycles. The summed E-state index contributed by atoms with van der Waals surface area (Å²) in [6, 6.07) is 14.3. The lowest BCUT2D eigenvalue weighted by Crippen LogP contribution is -2.40. The third-order valence-electron chi connectivity index (χ3n) is 4.45. The predicted molar refractivity (Wildman–Crippen MR) is 120 cm³/mol. The first-order valence-electron chi connectivity index (χ1n) is 9.46. The number of nitrogens with zero attached hydrogens (tertiary/aromatic N) is 1. The number of benzene rings is 2. The Bertz CT molecular complexity index is 938. The molecular weight excluding hydrogens is 402 g/mol. The quantitative estimate of drug-likeness (QED) is 0.566. The zero-order chi connectivity index (χ0) is 21.3. The monoisotopic (exact) mass is 425 g/mol. The Balaban J connectivity index is 1.54. The van der Waals surface area contributed by atoms with E-state index in [0.29, 0.717) is 37.6 Å². The minimum Gasteiger partial charge on any atom is -0.497 e. The Kier molecular flexibility index (Phi) is 7.53. The van der Waals surface area contributed by atoms with E-state index in [0.717, 1.165) is 11.3 Å². The topological polar surface area (TPSA) is 79.9 Å². The lowest BCUT2D eigenvalue weighted by atomic mass is 10.1. The van der Waals surface area contributed by atoms with E-state index in [9.17, 15) is 9.59 Å². The molecule has 1 fully saturated rings. The first kappa shape index (κ1) is 21.5. The molecule has 30 heavy (non-hydrogen) atoms. The van der Waals surface area contributed by atoms with Crippen LogP contribution in [0.3, 0.4) is 0 Å². The van der Waals surface area contributed by atoms with Crippen molar-refractivity contribution in [2.75, 3.05) is 38.7 Å². The molecule has 0 radical (unpaired) electrons. The highest BCUT2D eigenvalue weighted by Crippen LogP contribution is 2.14. The fourth-order valence-electron chi connectivity index (χ4n) is 2.88. The van der Waals surface area contributed by atoms with Crippen LogP contribution in [0.2, 0.25) is 0 Å². The van der Waals surface area contributed by atoms with Gasteiger partial charge in [0.05, 0.1) is 20.3 Å². The van der Waals surface area contributed by atoms with Crippen LogP contribution in [0.4, 0.5) is 5.69 Å². The van der Waals surface area contributed by atoms with Crippen molar-refractivity contribution in [3.63, 3.8) is 0 Å². The van der Waals surface area contributed by atoms with Gasteiger partial charge in [-0.3, -0.25) is 14.9 Å². The first-order valence-corrected chi connectivity index (χ1v) is 9.87. The van der Waals surface area contributed by atoms with Crippen LogP contribution in [0.5, 0.6) is 5.75 Å². The number of ether oxygens (including phenoxy) is 2. The molecule has 0 atom stereocenters. The maximum atomic E-state index is 12.6. The number of amides is 2. The Labute approximate surface area is 180 Å². The number of methoxy groups -OCH3 is 1. The molecule has 2 amide bonds. The van der Waals surface area contributed by atoms with Gasteiger partial charge in [0.25, 0.3) is 5.91 Å². The third kappa shape index (κ3) is 6.13. The van der Waals surface area contributed by atoms with E-state index in [1.807, 2.05) is 24.3 Å². The van der Waals surface area contributed by atoms with Gasteiger partial charge in [-0.05, 0) is 54.2 Å². The fraction of sp³-hybridized carbons (Fsp3) is 0.227. The van der Waals surface area contributed by atoms with Crippen LogP contribution in [0.15, 0.2) is 54.6 Å². The molecule has 0 saturated carbocycles. The summed E-state index contributed by atoms with van der Waals surface area (Å²) in [5.41, 5.74) is 2.04. The number of anilines is 1. The van der Waals surface area contributed by atoms with Crippen LogP contribution in [-0.2, 0) is 9.53 Å². The van der Waals surface area contributed by atoms with Gasteiger partial charge < -0.3 is 19.7 Å². The minimum atomic E-state index is -0.358. The van der Waals surface area contributed by atoms with Crippen molar-refractivity contribution in [1.82, 2.24) is 10.2 Å². The average molecular weight is 426 g/mol. The lowest BCUT2D eigenvalue weighted by Gasteiger charge is -2.27. The minimum absolute atomic E-state index is 0.0562. The molecule has 1 aliphatic rings. The summed E-state index contributed by atoms with van der Waals surface area (Å²) in [5.74, 6) is 0.333. The number of thiocarbonyl (C=S) groups is 1. The second-order valence-corrected chi connectivity index (χ2v) is 6.94. The largest absolute Gasteiger partial charge is 0.497 e. The highest BCUT2D eigenvalue weighted by Gasteiger charge is 2.18. The van der Waals surface area contributed by atoms with Crippen molar-refractivity contribution in [3.8, 4) is 5.75 Å². The average Bonchev–Trinajstić information content (AvgIpc) is 2.78. The van der Waals surface area contributed by atoms with E-state index in [2.05, 4.69) is 10.6 Å². The SMILES string of the molecule is COc1ccc(/C=C/C(=O)NC(=S)Nc2cccc(C(=O)N3CCOCC3)c2)cc1. The van der Waals surface area contributed by atoms with Gasteiger partial charge in [-0.25, -0.2) is 0 Å². The summed E-state index contributed by atoms with van der Waals surface area (Å²) in [4.78, 5) is 26.5. The van der Waals surface area contributed by atoms with Crippen LogP contribution in [-0.4, -0.2) is 55.2 Å². The number of hydrogen-bond acceptors (Lipinski definition) is 5. The number of carbonyl (C=O) groups is 2. The number of morpholine rings is 1. The number of rotatable bonds is 5. The molecule has 1 saturated heterocycles. The van der Waals surface area contributed by atoms with Crippen molar-refractivity contribution in [2.45, 2.75) is 0 Å². The lowest BCUT2D eigenvalue weighted by molar-refractivity contribution is -0.115. The van der Waals surface area contributed by atoms with Gasteiger partial charge in [0.15, 0.2) is 5.11 Å². The van der Waals surface area contributed by atoms with Crippen LogP contribution >= 0.6 is 12.2 Å². The second-order valence-electron chi connectivity index (χ2n) is 6.54. The fourth-order valence-corrected chi connectivity index (χ4v) is 3.10. The highest BCUT2D eigenvalue weighted by atomic mass is 32.1. The molecule has 3 rings (SSSR count). The number of carbonyl (C=O) groups excluding carboxylic acids is 2. The molecule has 0 unspecified atom stereocenters. The van der Waals surface area contributed by atoms with Crippen molar-refractivity contribution in [1.29, 1.82) is 0 Å². The van der Waals surface area contributed by atoms with Crippen LogP contribution in [0, 0.1) is 0 Å². The Morgan fingerprint density at radius 2 is 1.87 bits per heavy atom. The van der Waals surface area contributed by atoms with Crippen LogP contribution in [0.1, 0.15) is 15.9 Å². The summed E-state index contributed by atoms with van der Waals surface area (Å²) in [7, 11) is 1.60. The van der Waals surface area contributed by atoms with Crippen molar-refractivity contribution >= 4 is 40.9 Å². The molecule has 2 aromatic rings. The summed E-state index contributed by atoms with van der Waals surface area (Å²) in [6.07, 6.45) is 3.08. The van der Waals surface area contributed by atoms with E-state index >= 15 is 0 Å². The van der Waals surface area contributed by atoms with Gasteiger partial charge in [0, 0.05) is 30.4 Å². The molecule has 0 spiro atoms. The molecule has 0 aromatic heterocycles. The van der Waals surface area contributed by atoms with Gasteiger partial charge in [0.2, 0.25) is 5.91 Å². The second kappa shape index (κ2) is 10.5. The summed E-state index contributed by atoms with van der Waals surface area (Å²) in [6.45, 7) is 2.24. The molecule has 1 heterocycles. The molecule has 8 heteroatoms. The molecule has 2 N–H and O–H groups in total. The summed E-state index contributed by atoms with van der Waals surface area (Å²) < 4.78 is 10.4. The van der Waals surface area contributed by atoms with E-state index in [-0.39, 0.29) is 16.9 Å². The van der Waals surface area contributed by atoms with Gasteiger partial charge in [-0.2, -0.15) is 0 Å². The van der Waals surface area contributed by atoms with E-state index in [4.69, 9.17) is 21.7 Å². The summed E-state index contributed by atoms with van der Waals surface area (Å²) in [5, 5.41) is 5.68. The van der Waals surface area contributed by atoms with Crippen molar-refractivity contribution < 1.29 is 19.1 Å². The maximum Gasteiger partial charge on any atom is 0.254 e. The standard InChI is InChI=1S/C22H23N3O4S/c1-28-19-8-5-16(6-9-19)7-10-20(26)24-22(30)23-18-4-2-3-17(15-18)21(27)25-11-13-29-14-12-25/h2-10,15H,11-14H2,1H3,(H2,23,24,26,30)/b10-7+.